The van der Waals surface area contributed by atoms with Gasteiger partial charge < -0.3 is 5.32 Å². The number of nitrogens with zero attached hydrogens (tertiary/aromatic N) is 2. The maximum atomic E-state index is 4.41. The van der Waals surface area contributed by atoms with E-state index in [0.29, 0.717) is 12.1 Å². The summed E-state index contributed by atoms with van der Waals surface area (Å²) >= 11 is 0. The van der Waals surface area contributed by atoms with Crippen LogP contribution in [-0.4, -0.2) is 9.78 Å². The second-order valence-electron chi connectivity index (χ2n) is 5.41. The largest absolute Gasteiger partial charge is 0.303 e. The quantitative estimate of drug-likeness (QED) is 0.913. The molecule has 3 rings (SSSR count). The monoisotopic (exact) mass is 255 g/mol. The minimum atomic E-state index is 0.373. The molecular weight excluding hydrogens is 234 g/mol. The Balaban J connectivity index is 1.78. The van der Waals surface area contributed by atoms with Gasteiger partial charge in [0.15, 0.2) is 0 Å². The summed E-state index contributed by atoms with van der Waals surface area (Å²) in [4.78, 5) is 0. The molecular formula is C16H21N3. The Labute approximate surface area is 114 Å². The van der Waals surface area contributed by atoms with E-state index in [0.717, 1.165) is 6.42 Å². The Morgan fingerprint density at radius 1 is 1.32 bits per heavy atom. The van der Waals surface area contributed by atoms with E-state index in [2.05, 4.69) is 47.7 Å². The van der Waals surface area contributed by atoms with E-state index in [1.807, 2.05) is 17.9 Å². The van der Waals surface area contributed by atoms with Gasteiger partial charge in [-0.2, -0.15) is 5.10 Å². The standard InChI is InChI=1S/C16H21N3/c1-12(13-7-4-3-5-8-13)18-15-9-6-10-16-14(15)11-17-19(16)2/h3-5,7-8,11-12,15,18H,6,9-10H2,1-2H3/t12-,15?/m0/s1. The third-order valence-corrected chi connectivity index (χ3v) is 4.13. The molecule has 1 aliphatic rings. The zero-order chi connectivity index (χ0) is 13.2. The van der Waals surface area contributed by atoms with Crippen LogP contribution in [0.5, 0.6) is 0 Å². The first-order valence-electron chi connectivity index (χ1n) is 7.07. The first-order chi connectivity index (χ1) is 9.25. The molecule has 1 N–H and O–H groups in total. The molecule has 19 heavy (non-hydrogen) atoms. The summed E-state index contributed by atoms with van der Waals surface area (Å²) in [6.45, 7) is 2.24. The Bertz CT molecular complexity index is 544. The molecule has 2 aromatic rings. The number of benzene rings is 1. The van der Waals surface area contributed by atoms with Crippen molar-refractivity contribution in [1.82, 2.24) is 15.1 Å². The van der Waals surface area contributed by atoms with Crippen molar-refractivity contribution in [3.63, 3.8) is 0 Å². The SMILES string of the molecule is C[C@H](NC1CCCc2c1cnn2C)c1ccccc1. The lowest BCUT2D eigenvalue weighted by Crippen LogP contribution is -2.27. The molecule has 0 saturated carbocycles. The molecule has 3 nitrogen and oxygen atoms in total. The van der Waals surface area contributed by atoms with Gasteiger partial charge in [-0.25, -0.2) is 0 Å². The number of nitrogens with one attached hydrogen (secondary N) is 1. The van der Waals surface area contributed by atoms with Crippen LogP contribution in [0.15, 0.2) is 36.5 Å². The van der Waals surface area contributed by atoms with Gasteiger partial charge in [0.25, 0.3) is 0 Å². The first kappa shape index (κ1) is 12.4. The van der Waals surface area contributed by atoms with E-state index >= 15 is 0 Å². The maximum Gasteiger partial charge on any atom is 0.0540 e. The van der Waals surface area contributed by atoms with Gasteiger partial charge in [-0.15, -0.1) is 0 Å². The first-order valence-corrected chi connectivity index (χ1v) is 7.07. The summed E-state index contributed by atoms with van der Waals surface area (Å²) in [5, 5.41) is 8.16. The predicted octanol–water partition coefficient (Wildman–Crippen LogP) is 3.15. The normalized spacial score (nSPS) is 20.0. The van der Waals surface area contributed by atoms with Crippen LogP contribution in [-0.2, 0) is 13.5 Å². The lowest BCUT2D eigenvalue weighted by molar-refractivity contribution is 0.411. The molecule has 0 fully saturated rings. The van der Waals surface area contributed by atoms with Gasteiger partial charge in [-0.3, -0.25) is 4.68 Å². The number of hydrogen-bond donors (Lipinski definition) is 1. The molecule has 2 atom stereocenters. The summed E-state index contributed by atoms with van der Waals surface area (Å²) in [6.07, 6.45) is 5.63. The summed E-state index contributed by atoms with van der Waals surface area (Å²) in [7, 11) is 2.04. The van der Waals surface area contributed by atoms with Gasteiger partial charge in [-0.05, 0) is 31.7 Å². The van der Waals surface area contributed by atoms with Crippen LogP contribution in [0.4, 0.5) is 0 Å². The van der Waals surface area contributed by atoms with E-state index < -0.39 is 0 Å². The smallest absolute Gasteiger partial charge is 0.0540 e. The molecule has 0 amide bonds. The average molecular weight is 255 g/mol. The fraction of sp³-hybridized carbons (Fsp3) is 0.438. The molecule has 3 heteroatoms. The molecule has 1 heterocycles. The summed E-state index contributed by atoms with van der Waals surface area (Å²) in [6, 6.07) is 11.4. The molecule has 1 unspecified atom stereocenters. The summed E-state index contributed by atoms with van der Waals surface area (Å²) < 4.78 is 2.02. The van der Waals surface area contributed by atoms with E-state index in [1.165, 1.54) is 29.7 Å². The highest BCUT2D eigenvalue weighted by Gasteiger charge is 2.24. The van der Waals surface area contributed by atoms with Gasteiger partial charge in [0.1, 0.15) is 0 Å². The fourth-order valence-electron chi connectivity index (χ4n) is 3.02. The van der Waals surface area contributed by atoms with Crippen molar-refractivity contribution in [2.45, 2.75) is 38.3 Å². The third kappa shape index (κ3) is 2.43. The van der Waals surface area contributed by atoms with E-state index in [1.54, 1.807) is 0 Å². The zero-order valence-electron chi connectivity index (χ0n) is 11.6. The van der Waals surface area contributed by atoms with Crippen LogP contribution >= 0.6 is 0 Å². The molecule has 1 aromatic carbocycles. The molecule has 0 aliphatic heterocycles. The van der Waals surface area contributed by atoms with E-state index in [4.69, 9.17) is 0 Å². The Kier molecular flexibility index (Phi) is 3.38. The van der Waals surface area contributed by atoms with Gasteiger partial charge in [0.2, 0.25) is 0 Å². The minimum absolute atomic E-state index is 0.373. The number of rotatable bonds is 3. The Morgan fingerprint density at radius 2 is 2.11 bits per heavy atom. The van der Waals surface area contributed by atoms with E-state index in [9.17, 15) is 0 Å². The van der Waals surface area contributed by atoms with Crippen molar-refractivity contribution in [3.05, 3.63) is 53.3 Å². The van der Waals surface area contributed by atoms with Crippen LogP contribution in [0.1, 0.15) is 48.7 Å². The highest BCUT2D eigenvalue weighted by atomic mass is 15.3. The highest BCUT2D eigenvalue weighted by Crippen LogP contribution is 2.31. The average Bonchev–Trinajstić information content (AvgIpc) is 2.83. The second-order valence-corrected chi connectivity index (χ2v) is 5.41. The topological polar surface area (TPSA) is 29.9 Å². The van der Waals surface area contributed by atoms with Gasteiger partial charge in [0, 0.05) is 30.4 Å². The molecule has 0 bridgehead atoms. The van der Waals surface area contributed by atoms with Crippen molar-refractivity contribution in [1.29, 1.82) is 0 Å². The number of fused-ring (bicyclic) bond motifs is 1. The summed E-state index contributed by atoms with van der Waals surface area (Å²) in [5.41, 5.74) is 4.12. The lowest BCUT2D eigenvalue weighted by atomic mass is 9.92. The zero-order valence-corrected chi connectivity index (χ0v) is 11.6. The van der Waals surface area contributed by atoms with Crippen molar-refractivity contribution in [3.8, 4) is 0 Å². The summed E-state index contributed by atoms with van der Waals surface area (Å²) in [5.74, 6) is 0. The van der Waals surface area contributed by atoms with Crippen LogP contribution in [0.2, 0.25) is 0 Å². The van der Waals surface area contributed by atoms with Gasteiger partial charge in [0.05, 0.1) is 6.20 Å². The van der Waals surface area contributed by atoms with Gasteiger partial charge in [-0.1, -0.05) is 30.3 Å². The molecule has 1 aliphatic carbocycles. The maximum absolute atomic E-state index is 4.41. The van der Waals surface area contributed by atoms with Crippen molar-refractivity contribution in [2.75, 3.05) is 0 Å². The fourth-order valence-corrected chi connectivity index (χ4v) is 3.02. The molecule has 0 saturated heterocycles. The van der Waals surface area contributed by atoms with Crippen LogP contribution in [0, 0.1) is 0 Å². The van der Waals surface area contributed by atoms with Crippen molar-refractivity contribution in [2.24, 2.45) is 7.05 Å². The predicted molar refractivity (Wildman–Crippen MR) is 76.9 cm³/mol. The number of aromatic nitrogens is 2. The molecule has 0 spiro atoms. The molecule has 100 valence electrons. The van der Waals surface area contributed by atoms with Crippen molar-refractivity contribution >= 4 is 0 Å². The van der Waals surface area contributed by atoms with Gasteiger partial charge >= 0.3 is 0 Å². The third-order valence-electron chi connectivity index (χ3n) is 4.13. The van der Waals surface area contributed by atoms with Crippen molar-refractivity contribution < 1.29 is 0 Å². The number of aryl methyl sites for hydroxylation is 1. The van der Waals surface area contributed by atoms with Crippen LogP contribution in [0.3, 0.4) is 0 Å². The Morgan fingerprint density at radius 3 is 2.89 bits per heavy atom. The second kappa shape index (κ2) is 5.17. The minimum Gasteiger partial charge on any atom is -0.303 e. The molecule has 1 aromatic heterocycles. The highest BCUT2D eigenvalue weighted by molar-refractivity contribution is 5.26. The van der Waals surface area contributed by atoms with E-state index in [-0.39, 0.29) is 0 Å². The molecule has 0 radical (unpaired) electrons. The van der Waals surface area contributed by atoms with Crippen LogP contribution < -0.4 is 5.32 Å². The van der Waals surface area contributed by atoms with Crippen LogP contribution in [0.25, 0.3) is 0 Å². The lowest BCUT2D eigenvalue weighted by Gasteiger charge is -2.27. The number of hydrogen-bond acceptors (Lipinski definition) is 2. The Hall–Kier alpha value is -1.61.